The first-order chi connectivity index (χ1) is 5.07. The number of aliphatic carboxylic acids is 1. The number of carbonyl (C=O) groups is 1. The minimum atomic E-state index is -0.923. The van der Waals surface area contributed by atoms with E-state index in [4.69, 9.17) is 9.94 Å². The van der Waals surface area contributed by atoms with Crippen molar-refractivity contribution in [3.8, 4) is 0 Å². The Morgan fingerprint density at radius 3 is 2.45 bits per heavy atom. The van der Waals surface area contributed by atoms with Crippen molar-refractivity contribution in [1.29, 1.82) is 0 Å². The van der Waals surface area contributed by atoms with Gasteiger partial charge in [0.15, 0.2) is 6.10 Å². The van der Waals surface area contributed by atoms with Gasteiger partial charge in [-0.3, -0.25) is 4.84 Å². The summed E-state index contributed by atoms with van der Waals surface area (Å²) >= 11 is 0. The lowest BCUT2D eigenvalue weighted by molar-refractivity contribution is -0.156. The largest absolute Gasteiger partial charge is 0.479 e. The second-order valence-corrected chi connectivity index (χ2v) is 2.78. The van der Waals surface area contributed by atoms with Crippen LogP contribution in [0.15, 0.2) is 0 Å². The number of nitrogens with one attached hydrogen (secondary N) is 1. The molecule has 0 aromatic heterocycles. The van der Waals surface area contributed by atoms with E-state index >= 15 is 0 Å². The Labute approximate surface area is 66.5 Å². The van der Waals surface area contributed by atoms with Crippen LogP contribution in [0.1, 0.15) is 20.3 Å². The molecule has 4 nitrogen and oxygen atoms in total. The molecule has 66 valence electrons. The minimum absolute atomic E-state index is 0.324. The van der Waals surface area contributed by atoms with Crippen molar-refractivity contribution in [3.63, 3.8) is 0 Å². The Morgan fingerprint density at radius 1 is 1.64 bits per heavy atom. The maximum absolute atomic E-state index is 10.5. The van der Waals surface area contributed by atoms with Crippen LogP contribution in [0.25, 0.3) is 0 Å². The summed E-state index contributed by atoms with van der Waals surface area (Å²) in [6.07, 6.45) is -0.212. The third-order valence-electron chi connectivity index (χ3n) is 1.22. The van der Waals surface area contributed by atoms with Crippen LogP contribution in [-0.4, -0.2) is 24.2 Å². The summed E-state index contributed by atoms with van der Waals surface area (Å²) in [5.41, 5.74) is 2.37. The van der Waals surface area contributed by atoms with Gasteiger partial charge in [-0.2, -0.15) is 0 Å². The van der Waals surface area contributed by atoms with Gasteiger partial charge in [0.1, 0.15) is 0 Å². The first-order valence-electron chi connectivity index (χ1n) is 3.63. The SMILES string of the molecule is CNO[C@@H](CC(C)C)C(=O)O. The quantitative estimate of drug-likeness (QED) is 0.581. The van der Waals surface area contributed by atoms with E-state index in [9.17, 15) is 4.79 Å². The Kier molecular flexibility index (Phi) is 4.81. The molecular weight excluding hydrogens is 146 g/mol. The molecule has 0 spiro atoms. The third kappa shape index (κ3) is 4.75. The highest BCUT2D eigenvalue weighted by Crippen LogP contribution is 2.06. The van der Waals surface area contributed by atoms with Gasteiger partial charge >= 0.3 is 5.97 Å². The molecule has 0 aliphatic heterocycles. The van der Waals surface area contributed by atoms with Crippen LogP contribution < -0.4 is 5.48 Å². The summed E-state index contributed by atoms with van der Waals surface area (Å²) in [6, 6.07) is 0. The van der Waals surface area contributed by atoms with Crippen LogP contribution in [0.4, 0.5) is 0 Å². The summed E-state index contributed by atoms with van der Waals surface area (Å²) < 4.78 is 0. The summed E-state index contributed by atoms with van der Waals surface area (Å²) in [7, 11) is 1.55. The summed E-state index contributed by atoms with van der Waals surface area (Å²) in [4.78, 5) is 15.2. The van der Waals surface area contributed by atoms with E-state index in [1.54, 1.807) is 7.05 Å². The molecule has 0 rings (SSSR count). The lowest BCUT2D eigenvalue weighted by atomic mass is 10.1. The van der Waals surface area contributed by atoms with Gasteiger partial charge in [-0.15, -0.1) is 0 Å². The molecule has 0 saturated heterocycles. The number of hydrogen-bond donors (Lipinski definition) is 2. The highest BCUT2D eigenvalue weighted by atomic mass is 16.7. The molecule has 0 radical (unpaired) electrons. The molecule has 1 atom stereocenters. The predicted molar refractivity (Wildman–Crippen MR) is 41.0 cm³/mol. The fourth-order valence-corrected chi connectivity index (χ4v) is 0.770. The Hall–Kier alpha value is -0.610. The summed E-state index contributed by atoms with van der Waals surface area (Å²) in [6.45, 7) is 3.91. The maximum Gasteiger partial charge on any atom is 0.334 e. The standard InChI is InChI=1S/C7H15NO3/c1-5(2)4-6(7(9)10)11-8-3/h5-6,8H,4H2,1-3H3,(H,9,10)/t6-/m0/s1. The van der Waals surface area contributed by atoms with Crippen molar-refractivity contribution < 1.29 is 14.7 Å². The van der Waals surface area contributed by atoms with Gasteiger partial charge in [-0.25, -0.2) is 10.3 Å². The molecule has 0 fully saturated rings. The zero-order chi connectivity index (χ0) is 8.85. The average molecular weight is 161 g/mol. The molecule has 0 unspecified atom stereocenters. The summed E-state index contributed by atoms with van der Waals surface area (Å²) in [5, 5.41) is 8.59. The molecule has 0 saturated carbocycles. The Balaban J connectivity index is 3.79. The van der Waals surface area contributed by atoms with Crippen molar-refractivity contribution >= 4 is 5.97 Å². The van der Waals surface area contributed by atoms with Crippen LogP contribution in [0.2, 0.25) is 0 Å². The number of rotatable bonds is 5. The first kappa shape index (κ1) is 10.4. The average Bonchev–Trinajstić information content (AvgIpc) is 1.86. The van der Waals surface area contributed by atoms with Crippen molar-refractivity contribution in [3.05, 3.63) is 0 Å². The number of hydroxylamine groups is 1. The van der Waals surface area contributed by atoms with E-state index in [1.165, 1.54) is 0 Å². The highest BCUT2D eigenvalue weighted by Gasteiger charge is 2.18. The van der Waals surface area contributed by atoms with Gasteiger partial charge in [0.2, 0.25) is 0 Å². The fourth-order valence-electron chi connectivity index (χ4n) is 0.770. The van der Waals surface area contributed by atoms with Gasteiger partial charge in [-0.05, 0) is 12.3 Å². The van der Waals surface area contributed by atoms with E-state index in [2.05, 4.69) is 5.48 Å². The van der Waals surface area contributed by atoms with Crippen LogP contribution in [0.3, 0.4) is 0 Å². The van der Waals surface area contributed by atoms with E-state index in [0.717, 1.165) is 0 Å². The van der Waals surface area contributed by atoms with Gasteiger partial charge in [-0.1, -0.05) is 13.8 Å². The molecule has 11 heavy (non-hydrogen) atoms. The van der Waals surface area contributed by atoms with Gasteiger partial charge < -0.3 is 5.11 Å². The van der Waals surface area contributed by atoms with Crippen LogP contribution in [0, 0.1) is 5.92 Å². The predicted octanol–water partition coefficient (Wildman–Crippen LogP) is 0.637. The lowest BCUT2D eigenvalue weighted by Crippen LogP contribution is -2.30. The molecule has 0 aromatic rings. The van der Waals surface area contributed by atoms with Crippen molar-refractivity contribution in [2.45, 2.75) is 26.4 Å². The maximum atomic E-state index is 10.5. The Morgan fingerprint density at radius 2 is 2.18 bits per heavy atom. The van der Waals surface area contributed by atoms with E-state index in [0.29, 0.717) is 12.3 Å². The zero-order valence-electron chi connectivity index (χ0n) is 7.13. The molecule has 0 aliphatic rings. The molecule has 2 N–H and O–H groups in total. The normalized spacial score (nSPS) is 13.5. The van der Waals surface area contributed by atoms with Crippen LogP contribution in [0.5, 0.6) is 0 Å². The van der Waals surface area contributed by atoms with Gasteiger partial charge in [0.25, 0.3) is 0 Å². The van der Waals surface area contributed by atoms with Crippen molar-refractivity contribution in [1.82, 2.24) is 5.48 Å². The van der Waals surface area contributed by atoms with Gasteiger partial charge in [0, 0.05) is 7.05 Å². The molecule has 4 heteroatoms. The second kappa shape index (κ2) is 5.09. The van der Waals surface area contributed by atoms with Crippen LogP contribution in [-0.2, 0) is 9.63 Å². The molecule has 0 heterocycles. The monoisotopic (exact) mass is 161 g/mol. The van der Waals surface area contributed by atoms with Crippen LogP contribution >= 0.6 is 0 Å². The van der Waals surface area contributed by atoms with E-state index < -0.39 is 12.1 Å². The topological polar surface area (TPSA) is 58.6 Å². The highest BCUT2D eigenvalue weighted by molar-refractivity contribution is 5.72. The molecule has 0 aliphatic carbocycles. The molecule has 0 bridgehead atoms. The van der Waals surface area contributed by atoms with Crippen molar-refractivity contribution in [2.24, 2.45) is 5.92 Å². The zero-order valence-corrected chi connectivity index (χ0v) is 7.13. The lowest BCUT2D eigenvalue weighted by Gasteiger charge is -2.13. The molecular formula is C7H15NO3. The molecule has 0 aromatic carbocycles. The Bertz CT molecular complexity index is 125. The van der Waals surface area contributed by atoms with E-state index in [-0.39, 0.29) is 0 Å². The number of hydrogen-bond acceptors (Lipinski definition) is 3. The summed E-state index contributed by atoms with van der Waals surface area (Å²) in [5.74, 6) is -0.600. The minimum Gasteiger partial charge on any atom is -0.479 e. The second-order valence-electron chi connectivity index (χ2n) is 2.78. The van der Waals surface area contributed by atoms with E-state index in [1.807, 2.05) is 13.8 Å². The fraction of sp³-hybridized carbons (Fsp3) is 0.857. The van der Waals surface area contributed by atoms with Gasteiger partial charge in [0.05, 0.1) is 0 Å². The number of carboxylic acids is 1. The smallest absolute Gasteiger partial charge is 0.334 e. The molecule has 0 amide bonds. The third-order valence-corrected chi connectivity index (χ3v) is 1.22. The first-order valence-corrected chi connectivity index (χ1v) is 3.63. The number of carboxylic acid groups (broad SMARTS) is 1. The van der Waals surface area contributed by atoms with Crippen molar-refractivity contribution in [2.75, 3.05) is 7.05 Å².